The van der Waals surface area contributed by atoms with Gasteiger partial charge < -0.3 is 15.8 Å². The van der Waals surface area contributed by atoms with Crippen molar-refractivity contribution >= 4 is 5.91 Å². The molecule has 0 aromatic rings. The summed E-state index contributed by atoms with van der Waals surface area (Å²) in [6.45, 7) is 9.31. The summed E-state index contributed by atoms with van der Waals surface area (Å²) >= 11 is 0. The maximum atomic E-state index is 11.5. The zero-order valence-electron chi connectivity index (χ0n) is 11.1. The molecule has 0 aliphatic carbocycles. The lowest BCUT2D eigenvalue weighted by Crippen LogP contribution is -2.49. The summed E-state index contributed by atoms with van der Waals surface area (Å²) in [5.74, 6) is 0.0453. The van der Waals surface area contributed by atoms with Crippen molar-refractivity contribution in [3.8, 4) is 0 Å². The van der Waals surface area contributed by atoms with Gasteiger partial charge in [-0.1, -0.05) is 19.9 Å². The van der Waals surface area contributed by atoms with Crippen molar-refractivity contribution in [3.05, 3.63) is 12.7 Å². The average molecular weight is 242 g/mol. The number of hydrogen-bond acceptors (Lipinski definition) is 3. The van der Waals surface area contributed by atoms with Crippen LogP contribution in [0.4, 0.5) is 0 Å². The van der Waals surface area contributed by atoms with Crippen molar-refractivity contribution in [3.63, 3.8) is 0 Å². The van der Waals surface area contributed by atoms with Crippen molar-refractivity contribution in [1.82, 2.24) is 5.32 Å². The molecular weight excluding hydrogens is 216 g/mol. The summed E-state index contributed by atoms with van der Waals surface area (Å²) in [6.07, 6.45) is 4.65. The molecule has 0 heterocycles. The van der Waals surface area contributed by atoms with Gasteiger partial charge >= 0.3 is 0 Å². The van der Waals surface area contributed by atoms with Crippen molar-refractivity contribution < 1.29 is 9.53 Å². The first-order valence-corrected chi connectivity index (χ1v) is 6.32. The van der Waals surface area contributed by atoms with Crippen LogP contribution in [0.25, 0.3) is 0 Å². The largest absolute Gasteiger partial charge is 0.377 e. The first kappa shape index (κ1) is 16.1. The van der Waals surface area contributed by atoms with Gasteiger partial charge in [0.2, 0.25) is 5.91 Å². The highest BCUT2D eigenvalue weighted by Gasteiger charge is 2.20. The van der Waals surface area contributed by atoms with E-state index in [-0.39, 0.29) is 11.4 Å². The molecular formula is C13H26N2O2. The first-order chi connectivity index (χ1) is 8.08. The standard InChI is InChI=1S/C13H26N2O2/c1-4-9-17-10-7-8-12(16)15-11-13(14,5-2)6-3/h4H,1,5-11,14H2,2-3H3,(H,15,16). The zero-order chi connectivity index (χ0) is 13.1. The van der Waals surface area contributed by atoms with Crippen LogP contribution in [0, 0.1) is 0 Å². The third kappa shape index (κ3) is 7.94. The highest BCUT2D eigenvalue weighted by molar-refractivity contribution is 5.75. The third-order valence-corrected chi connectivity index (χ3v) is 2.97. The summed E-state index contributed by atoms with van der Waals surface area (Å²) in [4.78, 5) is 11.5. The number of rotatable bonds is 10. The van der Waals surface area contributed by atoms with Crippen LogP contribution in [0.1, 0.15) is 39.5 Å². The summed E-state index contributed by atoms with van der Waals surface area (Å²) < 4.78 is 5.20. The van der Waals surface area contributed by atoms with Crippen LogP contribution in [0.5, 0.6) is 0 Å². The molecule has 0 aromatic heterocycles. The molecule has 0 unspecified atom stereocenters. The number of nitrogens with one attached hydrogen (secondary N) is 1. The van der Waals surface area contributed by atoms with Crippen LogP contribution < -0.4 is 11.1 Å². The monoisotopic (exact) mass is 242 g/mol. The van der Waals surface area contributed by atoms with E-state index in [0.717, 1.165) is 19.3 Å². The molecule has 0 atom stereocenters. The predicted octanol–water partition coefficient (Wildman–Crippen LogP) is 1.60. The van der Waals surface area contributed by atoms with E-state index < -0.39 is 0 Å². The number of carbonyl (C=O) groups is 1. The Morgan fingerprint density at radius 1 is 1.47 bits per heavy atom. The number of amides is 1. The normalized spacial score (nSPS) is 11.2. The summed E-state index contributed by atoms with van der Waals surface area (Å²) in [5.41, 5.74) is 5.82. The molecule has 0 saturated carbocycles. The van der Waals surface area contributed by atoms with Crippen LogP contribution >= 0.6 is 0 Å². The number of hydrogen-bond donors (Lipinski definition) is 2. The van der Waals surface area contributed by atoms with Gasteiger partial charge in [-0.25, -0.2) is 0 Å². The highest BCUT2D eigenvalue weighted by atomic mass is 16.5. The quantitative estimate of drug-likeness (QED) is 0.452. The van der Waals surface area contributed by atoms with Gasteiger partial charge in [0.05, 0.1) is 6.61 Å². The fraction of sp³-hybridized carbons (Fsp3) is 0.769. The van der Waals surface area contributed by atoms with E-state index in [2.05, 4.69) is 11.9 Å². The fourth-order valence-electron chi connectivity index (χ4n) is 1.36. The van der Waals surface area contributed by atoms with Crippen molar-refractivity contribution in [2.45, 2.75) is 45.1 Å². The molecule has 0 aliphatic heterocycles. The van der Waals surface area contributed by atoms with E-state index in [1.165, 1.54) is 0 Å². The van der Waals surface area contributed by atoms with Gasteiger partial charge in [-0.3, -0.25) is 4.79 Å². The maximum absolute atomic E-state index is 11.5. The van der Waals surface area contributed by atoms with Gasteiger partial charge in [0.1, 0.15) is 0 Å². The molecule has 0 fully saturated rings. The van der Waals surface area contributed by atoms with Crippen LogP contribution in [-0.2, 0) is 9.53 Å². The number of nitrogens with two attached hydrogens (primary N) is 1. The molecule has 0 bridgehead atoms. The van der Waals surface area contributed by atoms with Gasteiger partial charge in [-0.05, 0) is 19.3 Å². The second-order valence-corrected chi connectivity index (χ2v) is 4.31. The Labute approximate surface area is 105 Å². The number of ether oxygens (including phenoxy) is 1. The Morgan fingerprint density at radius 3 is 2.65 bits per heavy atom. The van der Waals surface area contributed by atoms with E-state index in [9.17, 15) is 4.79 Å². The first-order valence-electron chi connectivity index (χ1n) is 6.32. The van der Waals surface area contributed by atoms with Gasteiger partial charge in [0.25, 0.3) is 0 Å². The van der Waals surface area contributed by atoms with E-state index in [0.29, 0.717) is 26.2 Å². The Bertz CT molecular complexity index is 225. The molecule has 0 radical (unpaired) electrons. The molecule has 0 saturated heterocycles. The smallest absolute Gasteiger partial charge is 0.220 e. The minimum atomic E-state index is -0.269. The molecule has 100 valence electrons. The Kier molecular flexibility index (Phi) is 8.72. The van der Waals surface area contributed by atoms with E-state index in [1.807, 2.05) is 13.8 Å². The second-order valence-electron chi connectivity index (χ2n) is 4.31. The van der Waals surface area contributed by atoms with Gasteiger partial charge in [0, 0.05) is 25.1 Å². The zero-order valence-corrected chi connectivity index (χ0v) is 11.1. The fourth-order valence-corrected chi connectivity index (χ4v) is 1.36. The van der Waals surface area contributed by atoms with Crippen molar-refractivity contribution in [2.75, 3.05) is 19.8 Å². The lowest BCUT2D eigenvalue weighted by molar-refractivity contribution is -0.121. The Morgan fingerprint density at radius 2 is 2.12 bits per heavy atom. The molecule has 4 heteroatoms. The molecule has 17 heavy (non-hydrogen) atoms. The minimum Gasteiger partial charge on any atom is -0.377 e. The summed E-state index contributed by atoms with van der Waals surface area (Å²) in [5, 5.41) is 2.88. The molecule has 1 amide bonds. The molecule has 4 nitrogen and oxygen atoms in total. The summed E-state index contributed by atoms with van der Waals surface area (Å²) in [6, 6.07) is 0. The van der Waals surface area contributed by atoms with Crippen LogP contribution in [0.15, 0.2) is 12.7 Å². The van der Waals surface area contributed by atoms with Crippen LogP contribution in [0.3, 0.4) is 0 Å². The Hall–Kier alpha value is -0.870. The van der Waals surface area contributed by atoms with Crippen molar-refractivity contribution in [1.29, 1.82) is 0 Å². The topological polar surface area (TPSA) is 64.3 Å². The molecule has 0 aromatic carbocycles. The lowest BCUT2D eigenvalue weighted by atomic mass is 9.94. The maximum Gasteiger partial charge on any atom is 0.220 e. The molecule has 0 spiro atoms. The number of carbonyl (C=O) groups excluding carboxylic acids is 1. The summed E-state index contributed by atoms with van der Waals surface area (Å²) in [7, 11) is 0. The van der Waals surface area contributed by atoms with Gasteiger partial charge in [-0.2, -0.15) is 0 Å². The highest BCUT2D eigenvalue weighted by Crippen LogP contribution is 2.09. The molecule has 3 N–H and O–H groups in total. The second kappa shape index (κ2) is 9.19. The predicted molar refractivity (Wildman–Crippen MR) is 70.8 cm³/mol. The van der Waals surface area contributed by atoms with E-state index in [1.54, 1.807) is 6.08 Å². The van der Waals surface area contributed by atoms with Crippen LogP contribution in [-0.4, -0.2) is 31.2 Å². The van der Waals surface area contributed by atoms with E-state index in [4.69, 9.17) is 10.5 Å². The average Bonchev–Trinajstić information content (AvgIpc) is 2.35. The minimum absolute atomic E-state index is 0.0453. The van der Waals surface area contributed by atoms with E-state index >= 15 is 0 Å². The molecule has 0 aliphatic rings. The van der Waals surface area contributed by atoms with Crippen molar-refractivity contribution in [2.24, 2.45) is 5.73 Å². The van der Waals surface area contributed by atoms with Crippen LogP contribution in [0.2, 0.25) is 0 Å². The Balaban J connectivity index is 3.62. The lowest BCUT2D eigenvalue weighted by Gasteiger charge is -2.26. The SMILES string of the molecule is C=CCOCCCC(=O)NCC(N)(CC)CC. The van der Waals surface area contributed by atoms with Gasteiger partial charge in [0.15, 0.2) is 0 Å². The van der Waals surface area contributed by atoms with Gasteiger partial charge in [-0.15, -0.1) is 6.58 Å². The molecule has 0 rings (SSSR count). The third-order valence-electron chi connectivity index (χ3n) is 2.97.